The second kappa shape index (κ2) is 9.37. The zero-order valence-corrected chi connectivity index (χ0v) is 15.9. The molecule has 1 amide bonds. The van der Waals surface area contributed by atoms with Crippen LogP contribution in [-0.4, -0.2) is 47.2 Å². The molecule has 1 saturated heterocycles. The van der Waals surface area contributed by atoms with Gasteiger partial charge in [0.25, 0.3) is 5.91 Å². The Labute approximate surface area is 164 Å². The van der Waals surface area contributed by atoms with Crippen molar-refractivity contribution in [3.8, 4) is 5.75 Å². The van der Waals surface area contributed by atoms with E-state index in [2.05, 4.69) is 0 Å². The molecule has 2 atom stereocenters. The highest BCUT2D eigenvalue weighted by Crippen LogP contribution is 2.20. The number of benzene rings is 2. The van der Waals surface area contributed by atoms with E-state index in [0.717, 1.165) is 25.0 Å². The number of carbonyl (C=O) groups excluding carboxylic acids is 1. The Balaban J connectivity index is 1.75. The minimum absolute atomic E-state index is 0.0842. The predicted octanol–water partition coefficient (Wildman–Crippen LogP) is 3.36. The number of ether oxygens (including phenoxy) is 2. The molecule has 0 aliphatic carbocycles. The molecule has 2 aromatic rings. The van der Waals surface area contributed by atoms with Gasteiger partial charge >= 0.3 is 5.97 Å². The number of carboxylic acids is 1. The van der Waals surface area contributed by atoms with Gasteiger partial charge in [0.2, 0.25) is 0 Å². The number of amides is 1. The molecule has 6 heteroatoms. The molecule has 0 spiro atoms. The van der Waals surface area contributed by atoms with E-state index in [9.17, 15) is 14.7 Å². The van der Waals surface area contributed by atoms with Crippen LogP contribution in [0.15, 0.2) is 54.6 Å². The minimum Gasteiger partial charge on any atom is -0.491 e. The van der Waals surface area contributed by atoms with E-state index in [0.29, 0.717) is 17.9 Å². The van der Waals surface area contributed by atoms with Crippen molar-refractivity contribution in [3.63, 3.8) is 0 Å². The van der Waals surface area contributed by atoms with E-state index < -0.39 is 12.0 Å². The molecule has 1 heterocycles. The molecular formula is C22H25NO5. The van der Waals surface area contributed by atoms with Gasteiger partial charge < -0.3 is 19.5 Å². The number of rotatable bonds is 8. The Kier molecular flexibility index (Phi) is 6.66. The zero-order valence-electron chi connectivity index (χ0n) is 15.9. The van der Waals surface area contributed by atoms with Gasteiger partial charge in [0.05, 0.1) is 6.10 Å². The maximum absolute atomic E-state index is 13.1. The first kappa shape index (κ1) is 19.9. The van der Waals surface area contributed by atoms with Gasteiger partial charge in [0.1, 0.15) is 18.4 Å². The molecule has 0 saturated carbocycles. The summed E-state index contributed by atoms with van der Waals surface area (Å²) in [4.78, 5) is 26.0. The Bertz CT molecular complexity index is 802. The van der Waals surface area contributed by atoms with E-state index in [1.165, 1.54) is 11.8 Å². The Hall–Kier alpha value is -2.86. The second-order valence-electron chi connectivity index (χ2n) is 6.91. The molecule has 2 aromatic carbocycles. The van der Waals surface area contributed by atoms with Crippen molar-refractivity contribution >= 4 is 11.9 Å². The highest BCUT2D eigenvalue weighted by atomic mass is 16.5. The molecule has 0 bridgehead atoms. The summed E-state index contributed by atoms with van der Waals surface area (Å²) < 4.78 is 11.3. The fraction of sp³-hybridized carbons (Fsp3) is 0.364. The summed E-state index contributed by atoms with van der Waals surface area (Å²) in [5.74, 6) is -0.819. The van der Waals surface area contributed by atoms with Crippen LogP contribution in [0.25, 0.3) is 0 Å². The van der Waals surface area contributed by atoms with Crippen molar-refractivity contribution < 1.29 is 24.2 Å². The van der Waals surface area contributed by atoms with Crippen LogP contribution in [0.3, 0.4) is 0 Å². The highest BCUT2D eigenvalue weighted by molar-refractivity contribution is 5.96. The monoisotopic (exact) mass is 383 g/mol. The van der Waals surface area contributed by atoms with Crippen LogP contribution < -0.4 is 4.74 Å². The quantitative estimate of drug-likeness (QED) is 0.756. The SMILES string of the molecule is CC(C(=O)O)N(Cc1ccccc1)C(=O)c1cccc(OCC2CCCO2)c1. The molecule has 1 N–H and O–H groups in total. The first-order valence-corrected chi connectivity index (χ1v) is 9.47. The molecule has 6 nitrogen and oxygen atoms in total. The van der Waals surface area contributed by atoms with Crippen LogP contribution in [-0.2, 0) is 16.1 Å². The van der Waals surface area contributed by atoms with Crippen molar-refractivity contribution in [2.75, 3.05) is 13.2 Å². The molecule has 148 valence electrons. The van der Waals surface area contributed by atoms with E-state index in [4.69, 9.17) is 9.47 Å². The van der Waals surface area contributed by atoms with Gasteiger partial charge in [0, 0.05) is 18.7 Å². The summed E-state index contributed by atoms with van der Waals surface area (Å²) in [5.41, 5.74) is 1.27. The maximum Gasteiger partial charge on any atom is 0.326 e. The van der Waals surface area contributed by atoms with E-state index in [1.54, 1.807) is 24.3 Å². The Morgan fingerprint density at radius 2 is 2.00 bits per heavy atom. The molecule has 1 fully saturated rings. The average Bonchev–Trinajstić information content (AvgIpc) is 3.24. The van der Waals surface area contributed by atoms with E-state index in [-0.39, 0.29) is 18.6 Å². The summed E-state index contributed by atoms with van der Waals surface area (Å²) in [6, 6.07) is 15.3. The number of nitrogens with zero attached hydrogens (tertiary/aromatic N) is 1. The summed E-state index contributed by atoms with van der Waals surface area (Å²) >= 11 is 0. The molecule has 1 aliphatic heterocycles. The van der Waals surface area contributed by atoms with Gasteiger partial charge in [-0.15, -0.1) is 0 Å². The van der Waals surface area contributed by atoms with Gasteiger partial charge in [-0.25, -0.2) is 4.79 Å². The van der Waals surface area contributed by atoms with Crippen molar-refractivity contribution in [1.29, 1.82) is 0 Å². The van der Waals surface area contributed by atoms with Crippen LogP contribution >= 0.6 is 0 Å². The smallest absolute Gasteiger partial charge is 0.326 e. The number of carboxylic acid groups (broad SMARTS) is 1. The fourth-order valence-corrected chi connectivity index (χ4v) is 3.15. The highest BCUT2D eigenvalue weighted by Gasteiger charge is 2.27. The summed E-state index contributed by atoms with van der Waals surface area (Å²) in [6.07, 6.45) is 2.09. The van der Waals surface area contributed by atoms with Gasteiger partial charge in [-0.05, 0) is 43.5 Å². The summed E-state index contributed by atoms with van der Waals surface area (Å²) in [6.45, 7) is 2.93. The molecule has 0 aromatic heterocycles. The lowest BCUT2D eigenvalue weighted by Crippen LogP contribution is -2.42. The molecule has 2 unspecified atom stereocenters. The first-order valence-electron chi connectivity index (χ1n) is 9.47. The number of hydrogen-bond donors (Lipinski definition) is 1. The third-order valence-electron chi connectivity index (χ3n) is 4.82. The largest absolute Gasteiger partial charge is 0.491 e. The molecule has 0 radical (unpaired) electrons. The summed E-state index contributed by atoms with van der Waals surface area (Å²) in [7, 11) is 0. The van der Waals surface area contributed by atoms with Crippen molar-refractivity contribution in [1.82, 2.24) is 4.90 Å². The average molecular weight is 383 g/mol. The number of carbonyl (C=O) groups is 2. The minimum atomic E-state index is -1.05. The van der Waals surface area contributed by atoms with E-state index in [1.807, 2.05) is 30.3 Å². The predicted molar refractivity (Wildman–Crippen MR) is 104 cm³/mol. The summed E-state index contributed by atoms with van der Waals surface area (Å²) in [5, 5.41) is 9.45. The lowest BCUT2D eigenvalue weighted by Gasteiger charge is -2.27. The first-order chi connectivity index (χ1) is 13.5. The van der Waals surface area contributed by atoms with Crippen LogP contribution in [0.5, 0.6) is 5.75 Å². The normalized spacial score (nSPS) is 17.1. The topological polar surface area (TPSA) is 76.1 Å². The zero-order chi connectivity index (χ0) is 19.9. The fourth-order valence-electron chi connectivity index (χ4n) is 3.15. The molecule has 28 heavy (non-hydrogen) atoms. The van der Waals surface area contributed by atoms with Gasteiger partial charge in [-0.3, -0.25) is 4.79 Å². The molecule has 3 rings (SSSR count). The third kappa shape index (κ3) is 5.10. The van der Waals surface area contributed by atoms with Crippen LogP contribution in [0.1, 0.15) is 35.7 Å². The van der Waals surface area contributed by atoms with Gasteiger partial charge in [-0.2, -0.15) is 0 Å². The van der Waals surface area contributed by atoms with Gasteiger partial charge in [-0.1, -0.05) is 36.4 Å². The second-order valence-corrected chi connectivity index (χ2v) is 6.91. The number of hydrogen-bond acceptors (Lipinski definition) is 4. The van der Waals surface area contributed by atoms with Crippen molar-refractivity contribution in [2.24, 2.45) is 0 Å². The third-order valence-corrected chi connectivity index (χ3v) is 4.82. The Morgan fingerprint density at radius 3 is 2.68 bits per heavy atom. The molecular weight excluding hydrogens is 358 g/mol. The Morgan fingerprint density at radius 1 is 1.21 bits per heavy atom. The lowest BCUT2D eigenvalue weighted by molar-refractivity contribution is -0.141. The standard InChI is InChI=1S/C22H25NO5/c1-16(22(25)26)23(14-17-7-3-2-4-8-17)21(24)18-9-5-10-19(13-18)28-15-20-11-6-12-27-20/h2-5,7-10,13,16,20H,6,11-12,14-15H2,1H3,(H,25,26). The van der Waals surface area contributed by atoms with E-state index >= 15 is 0 Å². The number of aliphatic carboxylic acids is 1. The van der Waals surface area contributed by atoms with Crippen molar-refractivity contribution in [2.45, 2.75) is 38.5 Å². The molecule has 1 aliphatic rings. The van der Waals surface area contributed by atoms with Crippen LogP contribution in [0, 0.1) is 0 Å². The van der Waals surface area contributed by atoms with Crippen molar-refractivity contribution in [3.05, 3.63) is 65.7 Å². The van der Waals surface area contributed by atoms with Crippen LogP contribution in [0.2, 0.25) is 0 Å². The lowest BCUT2D eigenvalue weighted by atomic mass is 10.1. The van der Waals surface area contributed by atoms with Crippen LogP contribution in [0.4, 0.5) is 0 Å². The van der Waals surface area contributed by atoms with Gasteiger partial charge in [0.15, 0.2) is 0 Å². The maximum atomic E-state index is 13.1.